The van der Waals surface area contributed by atoms with Crippen molar-refractivity contribution in [2.24, 2.45) is 0 Å². The molecule has 5 rings (SSSR count). The fraction of sp³-hybridized carbons (Fsp3) is 0.500. The van der Waals surface area contributed by atoms with Gasteiger partial charge >= 0.3 is 0 Å². The van der Waals surface area contributed by atoms with Gasteiger partial charge in [0.2, 0.25) is 5.91 Å². The van der Waals surface area contributed by atoms with E-state index in [-0.39, 0.29) is 17.5 Å². The van der Waals surface area contributed by atoms with Crippen LogP contribution in [0.5, 0.6) is 0 Å². The Balaban J connectivity index is 1.07. The molecule has 8 heteroatoms. The molecule has 2 aliphatic rings. The fourth-order valence-corrected chi connectivity index (χ4v) is 7.07. The zero-order chi connectivity index (χ0) is 23.5. The van der Waals surface area contributed by atoms with Crippen molar-refractivity contribution in [2.45, 2.75) is 63.8 Å². The molecule has 1 aliphatic heterocycles. The molecule has 2 N–H and O–H groups in total. The normalized spacial score (nSPS) is 17.1. The number of amides is 1. The molecule has 1 saturated heterocycles. The number of nitrogens with zero attached hydrogens (tertiary/aromatic N) is 2. The van der Waals surface area contributed by atoms with Crippen molar-refractivity contribution in [1.29, 1.82) is 0 Å². The Bertz CT molecular complexity index is 1230. The number of aromatic amines is 1. The topological polar surface area (TPSA) is 78.1 Å². The minimum absolute atomic E-state index is 0.0260. The molecule has 1 fully saturated rings. The molecule has 0 saturated carbocycles. The highest BCUT2D eigenvalue weighted by Crippen LogP contribution is 2.33. The third-order valence-electron chi connectivity index (χ3n) is 6.79. The quantitative estimate of drug-likeness (QED) is 0.513. The van der Waals surface area contributed by atoms with Crippen LogP contribution in [0.15, 0.2) is 29.1 Å². The minimum atomic E-state index is -0.0260. The minimum Gasteiger partial charge on any atom is -0.353 e. The van der Waals surface area contributed by atoms with Crippen LogP contribution in [-0.4, -0.2) is 45.7 Å². The van der Waals surface area contributed by atoms with Gasteiger partial charge in [-0.1, -0.05) is 29.8 Å². The second-order valence-corrected chi connectivity index (χ2v) is 11.6. The third kappa shape index (κ3) is 5.56. The molecule has 0 radical (unpaired) electrons. The van der Waals surface area contributed by atoms with Gasteiger partial charge in [-0.2, -0.15) is 0 Å². The van der Waals surface area contributed by atoms with Crippen LogP contribution in [0, 0.1) is 6.92 Å². The molecule has 180 valence electrons. The Morgan fingerprint density at radius 1 is 1.26 bits per heavy atom. The number of likely N-dealkylation sites (tertiary alicyclic amines) is 1. The summed E-state index contributed by atoms with van der Waals surface area (Å²) in [5.74, 6) is 1.65. The maximum atomic E-state index is 12.7. The van der Waals surface area contributed by atoms with E-state index >= 15 is 0 Å². The summed E-state index contributed by atoms with van der Waals surface area (Å²) in [5.41, 5.74) is 3.84. The predicted molar refractivity (Wildman–Crippen MR) is 141 cm³/mol. The highest BCUT2D eigenvalue weighted by atomic mass is 32.2. The first kappa shape index (κ1) is 23.6. The van der Waals surface area contributed by atoms with Gasteiger partial charge in [0.25, 0.3) is 5.56 Å². The number of thiophene rings is 1. The number of piperidine rings is 1. The van der Waals surface area contributed by atoms with Crippen molar-refractivity contribution in [2.75, 3.05) is 18.8 Å². The van der Waals surface area contributed by atoms with E-state index in [9.17, 15) is 9.59 Å². The van der Waals surface area contributed by atoms with Crippen LogP contribution in [0.3, 0.4) is 0 Å². The summed E-state index contributed by atoms with van der Waals surface area (Å²) in [4.78, 5) is 37.5. The number of carbonyl (C=O) groups is 1. The van der Waals surface area contributed by atoms with Crippen molar-refractivity contribution in [3.63, 3.8) is 0 Å². The molecule has 6 nitrogen and oxygen atoms in total. The summed E-state index contributed by atoms with van der Waals surface area (Å²) in [6.07, 6.45) is 6.36. The predicted octanol–water partition coefficient (Wildman–Crippen LogP) is 4.19. The van der Waals surface area contributed by atoms with E-state index in [1.807, 2.05) is 0 Å². The van der Waals surface area contributed by atoms with Crippen LogP contribution >= 0.6 is 23.1 Å². The van der Waals surface area contributed by atoms with E-state index in [0.717, 1.165) is 62.0 Å². The first-order chi connectivity index (χ1) is 16.5. The van der Waals surface area contributed by atoms with Crippen molar-refractivity contribution >= 4 is 39.2 Å². The molecule has 1 aromatic carbocycles. The van der Waals surface area contributed by atoms with Crippen LogP contribution in [-0.2, 0) is 29.9 Å². The largest absolute Gasteiger partial charge is 0.353 e. The standard InChI is InChI=1S/C26H32N4O2S2/c1-17-5-4-6-18(13-17)14-30-11-9-19(10-12-30)27-23(31)16-33-15-22-28-25(32)24-20-7-2-3-8-21(20)34-26(24)29-22/h4-6,13,19H,2-3,7-12,14-16H2,1H3,(H,27,31)(H,28,29,32). The van der Waals surface area contributed by atoms with Gasteiger partial charge in [0.05, 0.1) is 16.9 Å². The maximum Gasteiger partial charge on any atom is 0.259 e. The molecule has 0 bridgehead atoms. The fourth-order valence-electron chi connectivity index (χ4n) is 5.09. The van der Waals surface area contributed by atoms with Crippen LogP contribution in [0.2, 0.25) is 0 Å². The number of aromatic nitrogens is 2. The zero-order valence-electron chi connectivity index (χ0n) is 19.7. The Labute approximate surface area is 208 Å². The van der Waals surface area contributed by atoms with Gasteiger partial charge in [-0.05, 0) is 56.6 Å². The summed E-state index contributed by atoms with van der Waals surface area (Å²) >= 11 is 3.18. The van der Waals surface area contributed by atoms with E-state index in [4.69, 9.17) is 4.98 Å². The number of hydrogen-bond acceptors (Lipinski definition) is 6. The number of nitrogens with one attached hydrogen (secondary N) is 2. The van der Waals surface area contributed by atoms with E-state index < -0.39 is 0 Å². The molecule has 1 amide bonds. The molecule has 3 heterocycles. The number of benzene rings is 1. The molecule has 0 spiro atoms. The van der Waals surface area contributed by atoms with Gasteiger partial charge in [0, 0.05) is 30.6 Å². The van der Waals surface area contributed by atoms with Gasteiger partial charge in [-0.25, -0.2) is 4.98 Å². The average Bonchev–Trinajstić information content (AvgIpc) is 3.19. The second-order valence-electron chi connectivity index (χ2n) is 9.50. The van der Waals surface area contributed by atoms with Gasteiger partial charge in [-0.3, -0.25) is 14.5 Å². The highest BCUT2D eigenvalue weighted by molar-refractivity contribution is 7.99. The Morgan fingerprint density at radius 3 is 2.91 bits per heavy atom. The van der Waals surface area contributed by atoms with Crippen molar-refractivity contribution in [3.05, 3.63) is 62.0 Å². The molecule has 2 aromatic heterocycles. The molecular formula is C26H32N4O2S2. The van der Waals surface area contributed by atoms with E-state index in [1.165, 1.54) is 39.8 Å². The van der Waals surface area contributed by atoms with Crippen LogP contribution < -0.4 is 10.9 Å². The van der Waals surface area contributed by atoms with Crippen LogP contribution in [0.4, 0.5) is 0 Å². The molecule has 1 aliphatic carbocycles. The Kier molecular flexibility index (Phi) is 7.37. The molecule has 0 atom stereocenters. The van der Waals surface area contributed by atoms with Crippen LogP contribution in [0.25, 0.3) is 10.2 Å². The average molecular weight is 497 g/mol. The molecular weight excluding hydrogens is 464 g/mol. The number of H-pyrrole nitrogens is 1. The van der Waals surface area contributed by atoms with E-state index in [0.29, 0.717) is 17.3 Å². The maximum absolute atomic E-state index is 12.7. The Morgan fingerprint density at radius 2 is 2.09 bits per heavy atom. The lowest BCUT2D eigenvalue weighted by molar-refractivity contribution is -0.119. The zero-order valence-corrected chi connectivity index (χ0v) is 21.3. The van der Waals surface area contributed by atoms with E-state index in [1.54, 1.807) is 11.3 Å². The second kappa shape index (κ2) is 10.6. The van der Waals surface area contributed by atoms with Crippen molar-refractivity contribution in [3.8, 4) is 0 Å². The van der Waals surface area contributed by atoms with Crippen molar-refractivity contribution in [1.82, 2.24) is 20.2 Å². The SMILES string of the molecule is Cc1cccc(CN2CCC(NC(=O)CSCc3nc4sc5c(c4c(=O)[nH]3)CCCC5)CC2)c1. The lowest BCUT2D eigenvalue weighted by Crippen LogP contribution is -2.44. The monoisotopic (exact) mass is 496 g/mol. The third-order valence-corrected chi connectivity index (χ3v) is 8.92. The van der Waals surface area contributed by atoms with Gasteiger partial charge < -0.3 is 10.3 Å². The first-order valence-corrected chi connectivity index (χ1v) is 14.2. The lowest BCUT2D eigenvalue weighted by atomic mass is 9.97. The Hall–Kier alpha value is -2.16. The summed E-state index contributed by atoms with van der Waals surface area (Å²) in [6.45, 7) is 5.11. The number of fused-ring (bicyclic) bond motifs is 3. The summed E-state index contributed by atoms with van der Waals surface area (Å²) < 4.78 is 0. The molecule has 3 aromatic rings. The number of hydrogen-bond donors (Lipinski definition) is 2. The van der Waals surface area contributed by atoms with Crippen molar-refractivity contribution < 1.29 is 4.79 Å². The summed E-state index contributed by atoms with van der Waals surface area (Å²) in [6, 6.07) is 8.92. The molecule has 34 heavy (non-hydrogen) atoms. The van der Waals surface area contributed by atoms with Gasteiger partial charge in [-0.15, -0.1) is 23.1 Å². The first-order valence-electron chi connectivity index (χ1n) is 12.2. The highest BCUT2D eigenvalue weighted by Gasteiger charge is 2.22. The molecule has 0 unspecified atom stereocenters. The lowest BCUT2D eigenvalue weighted by Gasteiger charge is -2.32. The number of carbonyl (C=O) groups excluding carboxylic acids is 1. The number of thioether (sulfide) groups is 1. The summed E-state index contributed by atoms with van der Waals surface area (Å²) in [7, 11) is 0. The van der Waals surface area contributed by atoms with Crippen LogP contribution in [0.1, 0.15) is 53.1 Å². The van der Waals surface area contributed by atoms with E-state index in [2.05, 4.69) is 46.4 Å². The number of aryl methyl sites for hydroxylation is 3. The summed E-state index contributed by atoms with van der Waals surface area (Å²) in [5, 5.41) is 3.99. The van der Waals surface area contributed by atoms with Gasteiger partial charge in [0.15, 0.2) is 0 Å². The van der Waals surface area contributed by atoms with Gasteiger partial charge in [0.1, 0.15) is 10.7 Å². The number of rotatable bonds is 7. The smallest absolute Gasteiger partial charge is 0.259 e.